The molecule has 0 aliphatic carbocycles. The van der Waals surface area contributed by atoms with Crippen molar-refractivity contribution in [1.29, 1.82) is 0 Å². The number of methoxy groups -OCH3 is 1. The lowest BCUT2D eigenvalue weighted by Crippen LogP contribution is -2.53. The Morgan fingerprint density at radius 1 is 1.14 bits per heavy atom. The summed E-state index contributed by atoms with van der Waals surface area (Å²) in [5.41, 5.74) is 1.18. The molecule has 0 spiro atoms. The zero-order chi connectivity index (χ0) is 20.0. The van der Waals surface area contributed by atoms with Gasteiger partial charge in [0.15, 0.2) is 15.8 Å². The van der Waals surface area contributed by atoms with Gasteiger partial charge in [-0.1, -0.05) is 6.07 Å². The molecule has 0 unspecified atom stereocenters. The molecule has 8 nitrogen and oxygen atoms in total. The quantitative estimate of drug-likeness (QED) is 0.547. The summed E-state index contributed by atoms with van der Waals surface area (Å²) < 4.78 is 28.4. The zero-order valence-corrected chi connectivity index (χ0v) is 17.6. The molecule has 2 aliphatic rings. The average molecular weight is 410 g/mol. The minimum Gasteiger partial charge on any atom is -0.497 e. The average Bonchev–Trinajstić information content (AvgIpc) is 2.72. The van der Waals surface area contributed by atoms with Gasteiger partial charge in [0, 0.05) is 71.2 Å². The molecule has 9 heteroatoms. The Hall–Kier alpha value is -2.00. The van der Waals surface area contributed by atoms with Crippen molar-refractivity contribution in [2.45, 2.75) is 0 Å². The molecule has 0 atom stereocenters. The molecule has 2 heterocycles. The van der Waals surface area contributed by atoms with Crippen molar-refractivity contribution in [3.8, 4) is 5.75 Å². The molecule has 3 rings (SSSR count). The fourth-order valence-corrected chi connectivity index (χ4v) is 4.89. The summed E-state index contributed by atoms with van der Waals surface area (Å²) in [6.45, 7) is 6.51. The van der Waals surface area contributed by atoms with E-state index < -0.39 is 9.84 Å². The highest BCUT2D eigenvalue weighted by Gasteiger charge is 2.22. The minimum atomic E-state index is -2.82. The van der Waals surface area contributed by atoms with Crippen LogP contribution in [0.1, 0.15) is 0 Å². The number of hydrogen-bond acceptors (Lipinski definition) is 6. The molecule has 0 amide bonds. The van der Waals surface area contributed by atoms with E-state index in [-0.39, 0.29) is 11.5 Å². The second-order valence-electron chi connectivity index (χ2n) is 7.14. The maximum absolute atomic E-state index is 11.5. The summed E-state index contributed by atoms with van der Waals surface area (Å²) in [5, 5.41) is 3.43. The molecule has 1 N–H and O–H groups in total. The van der Waals surface area contributed by atoms with Crippen molar-refractivity contribution in [1.82, 2.24) is 15.1 Å². The molecule has 0 aromatic heterocycles. The first-order valence-electron chi connectivity index (χ1n) is 9.78. The molecule has 28 heavy (non-hydrogen) atoms. The van der Waals surface area contributed by atoms with Crippen LogP contribution < -0.4 is 15.0 Å². The third kappa shape index (κ3) is 5.51. The molecular formula is C19H31N5O3S. The molecule has 1 aromatic carbocycles. The largest absolute Gasteiger partial charge is 0.497 e. The van der Waals surface area contributed by atoms with Crippen molar-refractivity contribution in [2.75, 3.05) is 82.9 Å². The highest BCUT2D eigenvalue weighted by Crippen LogP contribution is 2.22. The summed E-state index contributed by atoms with van der Waals surface area (Å²) in [6, 6.07) is 8.17. The number of benzene rings is 1. The summed E-state index contributed by atoms with van der Waals surface area (Å²) in [6.07, 6.45) is 0. The van der Waals surface area contributed by atoms with Gasteiger partial charge in [-0.25, -0.2) is 8.42 Å². The van der Waals surface area contributed by atoms with Gasteiger partial charge in [-0.15, -0.1) is 0 Å². The van der Waals surface area contributed by atoms with Crippen molar-refractivity contribution >= 4 is 21.5 Å². The molecule has 156 valence electrons. The lowest BCUT2D eigenvalue weighted by atomic mass is 10.2. The van der Waals surface area contributed by atoms with Gasteiger partial charge < -0.3 is 19.9 Å². The van der Waals surface area contributed by atoms with Crippen LogP contribution in [0.3, 0.4) is 0 Å². The number of anilines is 1. The Bertz CT molecular complexity index is 762. The fourth-order valence-electron chi connectivity index (χ4n) is 3.62. The topological polar surface area (TPSA) is 77.5 Å². The standard InChI is InChI=1S/C19H31N5O3S/c1-20-19(21-6-7-22-12-14-28(25,26)15-13-22)24-10-8-23(9-11-24)17-4-3-5-18(16-17)27-2/h3-5,16H,6-15H2,1-2H3,(H,20,21). The van der Waals surface area contributed by atoms with Gasteiger partial charge in [0.05, 0.1) is 18.6 Å². The molecule has 0 saturated carbocycles. The summed E-state index contributed by atoms with van der Waals surface area (Å²) in [5.74, 6) is 2.33. The van der Waals surface area contributed by atoms with Crippen LogP contribution >= 0.6 is 0 Å². The second-order valence-corrected chi connectivity index (χ2v) is 9.45. The van der Waals surface area contributed by atoms with Crippen LogP contribution in [0.15, 0.2) is 29.3 Å². The first-order chi connectivity index (χ1) is 13.5. The molecule has 2 fully saturated rings. The molecule has 2 saturated heterocycles. The van der Waals surface area contributed by atoms with Gasteiger partial charge in [0.2, 0.25) is 0 Å². The van der Waals surface area contributed by atoms with Crippen LogP contribution in [0.25, 0.3) is 0 Å². The van der Waals surface area contributed by atoms with Crippen LogP contribution in [0, 0.1) is 0 Å². The van der Waals surface area contributed by atoms with Crippen LogP contribution in [0.2, 0.25) is 0 Å². The summed E-state index contributed by atoms with van der Waals surface area (Å²) in [7, 11) is 0.682. The van der Waals surface area contributed by atoms with E-state index in [0.29, 0.717) is 13.1 Å². The zero-order valence-electron chi connectivity index (χ0n) is 16.8. The van der Waals surface area contributed by atoms with E-state index in [1.165, 1.54) is 5.69 Å². The van der Waals surface area contributed by atoms with Crippen molar-refractivity contribution in [3.05, 3.63) is 24.3 Å². The minimum absolute atomic E-state index is 0.272. The number of nitrogens with zero attached hydrogens (tertiary/aromatic N) is 4. The SMILES string of the molecule is CN=C(NCCN1CCS(=O)(=O)CC1)N1CCN(c2cccc(OC)c2)CC1. The maximum atomic E-state index is 11.5. The predicted octanol–water partition coefficient (Wildman–Crippen LogP) is 0.123. The van der Waals surface area contributed by atoms with E-state index >= 15 is 0 Å². The van der Waals surface area contributed by atoms with Crippen LogP contribution in [0.4, 0.5) is 5.69 Å². The molecule has 1 aromatic rings. The number of sulfone groups is 1. The molecule has 0 bridgehead atoms. The number of rotatable bonds is 5. The smallest absolute Gasteiger partial charge is 0.193 e. The van der Waals surface area contributed by atoms with E-state index in [4.69, 9.17) is 4.74 Å². The number of ether oxygens (including phenoxy) is 1. The van der Waals surface area contributed by atoms with Gasteiger partial charge in [-0.3, -0.25) is 9.89 Å². The Labute approximate surface area is 168 Å². The first kappa shape index (κ1) is 20.7. The van der Waals surface area contributed by atoms with Gasteiger partial charge in [-0.05, 0) is 12.1 Å². The number of guanidine groups is 1. The van der Waals surface area contributed by atoms with Crippen LogP contribution in [-0.2, 0) is 9.84 Å². The number of aliphatic imine (C=N–C) groups is 1. The maximum Gasteiger partial charge on any atom is 0.193 e. The molecule has 0 radical (unpaired) electrons. The predicted molar refractivity (Wildman–Crippen MR) is 113 cm³/mol. The third-order valence-electron chi connectivity index (χ3n) is 5.36. The Morgan fingerprint density at radius 2 is 1.86 bits per heavy atom. The van der Waals surface area contributed by atoms with Crippen molar-refractivity contribution in [3.63, 3.8) is 0 Å². The van der Waals surface area contributed by atoms with Crippen molar-refractivity contribution < 1.29 is 13.2 Å². The van der Waals surface area contributed by atoms with Gasteiger partial charge in [-0.2, -0.15) is 0 Å². The third-order valence-corrected chi connectivity index (χ3v) is 6.97. The monoisotopic (exact) mass is 409 g/mol. The lowest BCUT2D eigenvalue weighted by molar-refractivity contribution is 0.296. The van der Waals surface area contributed by atoms with Crippen LogP contribution in [-0.4, -0.2) is 102 Å². The second kappa shape index (κ2) is 9.47. The van der Waals surface area contributed by atoms with Gasteiger partial charge >= 0.3 is 0 Å². The van der Waals surface area contributed by atoms with Gasteiger partial charge in [0.1, 0.15) is 5.75 Å². The number of nitrogens with one attached hydrogen (secondary N) is 1. The molecular weight excluding hydrogens is 378 g/mol. The Kier molecular flexibility index (Phi) is 7.01. The van der Waals surface area contributed by atoms with E-state index in [1.54, 1.807) is 7.11 Å². The number of piperazine rings is 1. The van der Waals surface area contributed by atoms with Gasteiger partial charge in [0.25, 0.3) is 0 Å². The summed E-state index contributed by atoms with van der Waals surface area (Å²) in [4.78, 5) is 11.3. The van der Waals surface area contributed by atoms with E-state index in [2.05, 4.69) is 37.1 Å². The van der Waals surface area contributed by atoms with E-state index in [9.17, 15) is 8.42 Å². The van der Waals surface area contributed by atoms with Crippen LogP contribution in [0.5, 0.6) is 5.75 Å². The normalized spacial score (nSPS) is 20.9. The Balaban J connectivity index is 1.43. The fraction of sp³-hybridized carbons (Fsp3) is 0.632. The van der Waals surface area contributed by atoms with E-state index in [1.807, 2.05) is 19.2 Å². The number of hydrogen-bond donors (Lipinski definition) is 1. The van der Waals surface area contributed by atoms with Crippen molar-refractivity contribution in [2.24, 2.45) is 4.99 Å². The Morgan fingerprint density at radius 3 is 2.50 bits per heavy atom. The lowest BCUT2D eigenvalue weighted by Gasteiger charge is -2.38. The first-order valence-corrected chi connectivity index (χ1v) is 11.6. The highest BCUT2D eigenvalue weighted by molar-refractivity contribution is 7.91. The highest BCUT2D eigenvalue weighted by atomic mass is 32.2. The summed E-state index contributed by atoms with van der Waals surface area (Å²) >= 11 is 0. The molecule has 2 aliphatic heterocycles. The van der Waals surface area contributed by atoms with E-state index in [0.717, 1.165) is 51.0 Å².